The second-order valence-electron chi connectivity index (χ2n) is 6.23. The van der Waals surface area contributed by atoms with E-state index in [1.165, 1.54) is 26.4 Å². The third kappa shape index (κ3) is 3.20. The zero-order chi connectivity index (χ0) is 17.1. The van der Waals surface area contributed by atoms with E-state index in [9.17, 15) is 9.59 Å². The number of ketones is 1. The first-order chi connectivity index (χ1) is 11.6. The van der Waals surface area contributed by atoms with E-state index in [-0.39, 0.29) is 11.8 Å². The Morgan fingerprint density at radius 1 is 1.12 bits per heavy atom. The maximum Gasteiger partial charge on any atom is 0.337 e. The van der Waals surface area contributed by atoms with Crippen LogP contribution in [0.15, 0.2) is 47.8 Å². The van der Waals surface area contributed by atoms with Crippen LogP contribution in [0.1, 0.15) is 42.5 Å². The first-order valence-corrected chi connectivity index (χ1v) is 8.30. The van der Waals surface area contributed by atoms with Gasteiger partial charge < -0.3 is 15.4 Å². The summed E-state index contributed by atoms with van der Waals surface area (Å²) in [5.74, 6) is -0.391. The smallest absolute Gasteiger partial charge is 0.337 e. The Labute approximate surface area is 141 Å². The highest BCUT2D eigenvalue weighted by Crippen LogP contribution is 2.30. The predicted molar refractivity (Wildman–Crippen MR) is 92.6 cm³/mol. The van der Waals surface area contributed by atoms with E-state index in [1.807, 2.05) is 0 Å². The fourth-order valence-electron chi connectivity index (χ4n) is 3.14. The van der Waals surface area contributed by atoms with Gasteiger partial charge in [-0.15, -0.1) is 0 Å². The second-order valence-corrected chi connectivity index (χ2v) is 6.23. The quantitative estimate of drug-likeness (QED) is 0.643. The van der Waals surface area contributed by atoms with Crippen LogP contribution < -0.4 is 10.6 Å². The van der Waals surface area contributed by atoms with Gasteiger partial charge in [-0.25, -0.2) is 4.79 Å². The van der Waals surface area contributed by atoms with Gasteiger partial charge in [-0.2, -0.15) is 0 Å². The van der Waals surface area contributed by atoms with Crippen LogP contribution >= 0.6 is 0 Å². The molecule has 0 unspecified atom stereocenters. The molecule has 2 aliphatic rings. The SMILES string of the molecule is C=C1C(=O)C(NC2CCCCC2)=C1Nc1ccc(C(=O)OC)cc1. The lowest BCUT2D eigenvalue weighted by molar-refractivity contribution is -0.113. The third-order valence-electron chi connectivity index (χ3n) is 4.58. The van der Waals surface area contributed by atoms with Crippen molar-refractivity contribution in [2.24, 2.45) is 0 Å². The molecule has 1 saturated carbocycles. The van der Waals surface area contributed by atoms with Crippen LogP contribution in [0.3, 0.4) is 0 Å². The summed E-state index contributed by atoms with van der Waals surface area (Å²) < 4.78 is 4.68. The Morgan fingerprint density at radius 2 is 1.79 bits per heavy atom. The lowest BCUT2D eigenvalue weighted by atomic mass is 9.89. The number of allylic oxidation sites excluding steroid dienone is 2. The summed E-state index contributed by atoms with van der Waals surface area (Å²) in [5.41, 5.74) is 3.15. The van der Waals surface area contributed by atoms with Gasteiger partial charge in [-0.1, -0.05) is 25.8 Å². The van der Waals surface area contributed by atoms with Gasteiger partial charge in [0.2, 0.25) is 5.78 Å². The van der Waals surface area contributed by atoms with Crippen molar-refractivity contribution in [3.05, 3.63) is 53.4 Å². The predicted octanol–water partition coefficient (Wildman–Crippen LogP) is 3.16. The molecule has 0 spiro atoms. The number of carbonyl (C=O) groups excluding carboxylic acids is 2. The number of hydrogen-bond donors (Lipinski definition) is 2. The monoisotopic (exact) mass is 326 g/mol. The van der Waals surface area contributed by atoms with Crippen LogP contribution in [0.5, 0.6) is 0 Å². The van der Waals surface area contributed by atoms with E-state index in [1.54, 1.807) is 24.3 Å². The molecule has 2 aliphatic carbocycles. The van der Waals surface area contributed by atoms with Crippen LogP contribution in [0.2, 0.25) is 0 Å². The molecule has 24 heavy (non-hydrogen) atoms. The topological polar surface area (TPSA) is 67.4 Å². The average Bonchev–Trinajstić information content (AvgIpc) is 2.65. The highest BCUT2D eigenvalue weighted by molar-refractivity contribution is 6.20. The van der Waals surface area contributed by atoms with Gasteiger partial charge in [0.1, 0.15) is 5.70 Å². The Balaban J connectivity index is 1.72. The van der Waals surface area contributed by atoms with Gasteiger partial charge >= 0.3 is 5.97 Å². The van der Waals surface area contributed by atoms with Crippen molar-refractivity contribution in [3.63, 3.8) is 0 Å². The van der Waals surface area contributed by atoms with Crippen LogP contribution in [0, 0.1) is 0 Å². The van der Waals surface area contributed by atoms with E-state index in [0.717, 1.165) is 24.2 Å². The Kier molecular flexibility index (Phi) is 4.69. The molecule has 1 aromatic carbocycles. The molecule has 0 heterocycles. The number of anilines is 1. The lowest BCUT2D eigenvalue weighted by Gasteiger charge is -2.32. The maximum absolute atomic E-state index is 12.1. The van der Waals surface area contributed by atoms with Crippen LogP contribution in [0.25, 0.3) is 0 Å². The van der Waals surface area contributed by atoms with Crippen molar-refractivity contribution in [1.82, 2.24) is 5.32 Å². The third-order valence-corrected chi connectivity index (χ3v) is 4.58. The van der Waals surface area contributed by atoms with Crippen LogP contribution in [0.4, 0.5) is 5.69 Å². The zero-order valence-corrected chi connectivity index (χ0v) is 13.9. The molecule has 0 atom stereocenters. The summed E-state index contributed by atoms with van der Waals surface area (Å²) in [6.45, 7) is 3.84. The minimum Gasteiger partial charge on any atom is -0.465 e. The van der Waals surface area contributed by atoms with Crippen molar-refractivity contribution in [1.29, 1.82) is 0 Å². The van der Waals surface area contributed by atoms with Crippen molar-refractivity contribution < 1.29 is 14.3 Å². The standard InChI is InChI=1S/C19H22N2O3/c1-12-16(17(18(12)22)21-14-6-4-3-5-7-14)20-15-10-8-13(9-11-15)19(23)24-2/h8-11,14,20-21H,1,3-7H2,2H3. The first kappa shape index (κ1) is 16.3. The molecule has 1 fully saturated rings. The number of benzene rings is 1. The number of methoxy groups -OCH3 is 1. The van der Waals surface area contributed by atoms with Crippen molar-refractivity contribution in [3.8, 4) is 0 Å². The number of Topliss-reactive ketones (excluding diaryl/α,β-unsaturated/α-hetero) is 1. The Hall–Kier alpha value is -2.56. The molecule has 0 amide bonds. The summed E-state index contributed by atoms with van der Waals surface area (Å²) in [4.78, 5) is 23.6. The fourth-order valence-corrected chi connectivity index (χ4v) is 3.14. The molecule has 2 N–H and O–H groups in total. The molecular weight excluding hydrogens is 304 g/mol. The van der Waals surface area contributed by atoms with Crippen molar-refractivity contribution in [2.45, 2.75) is 38.1 Å². The summed E-state index contributed by atoms with van der Waals surface area (Å²) in [6.07, 6.45) is 5.89. The van der Waals surface area contributed by atoms with Crippen molar-refractivity contribution >= 4 is 17.4 Å². The molecule has 5 heteroatoms. The van der Waals surface area contributed by atoms with Gasteiger partial charge in [0, 0.05) is 17.3 Å². The number of ether oxygens (including phenoxy) is 1. The minimum atomic E-state index is -0.372. The Bertz CT molecular complexity index is 698. The number of nitrogens with one attached hydrogen (secondary N) is 2. The van der Waals surface area contributed by atoms with Gasteiger partial charge in [-0.3, -0.25) is 4.79 Å². The van der Waals surface area contributed by atoms with E-state index in [2.05, 4.69) is 21.9 Å². The largest absolute Gasteiger partial charge is 0.465 e. The average molecular weight is 326 g/mol. The van der Waals surface area contributed by atoms with Crippen LogP contribution in [-0.4, -0.2) is 24.9 Å². The van der Waals surface area contributed by atoms with Crippen molar-refractivity contribution in [2.75, 3.05) is 12.4 Å². The van der Waals surface area contributed by atoms with E-state index < -0.39 is 0 Å². The Morgan fingerprint density at radius 3 is 2.42 bits per heavy atom. The summed E-state index contributed by atoms with van der Waals surface area (Å²) in [6, 6.07) is 7.31. The fraction of sp³-hybridized carbons (Fsp3) is 0.368. The number of carbonyl (C=O) groups is 2. The summed E-state index contributed by atoms with van der Waals surface area (Å²) in [5, 5.41) is 6.60. The van der Waals surface area contributed by atoms with E-state index in [0.29, 0.717) is 22.9 Å². The molecule has 0 radical (unpaired) electrons. The molecule has 5 nitrogen and oxygen atoms in total. The molecule has 126 valence electrons. The van der Waals surface area contributed by atoms with E-state index >= 15 is 0 Å². The number of esters is 1. The lowest BCUT2D eigenvalue weighted by Crippen LogP contribution is -2.41. The summed E-state index contributed by atoms with van der Waals surface area (Å²) >= 11 is 0. The zero-order valence-electron chi connectivity index (χ0n) is 13.9. The van der Waals surface area contributed by atoms with Crippen LogP contribution in [-0.2, 0) is 9.53 Å². The molecule has 3 rings (SSSR count). The number of rotatable bonds is 5. The van der Waals surface area contributed by atoms with Gasteiger partial charge in [-0.05, 0) is 37.1 Å². The summed E-state index contributed by atoms with van der Waals surface area (Å²) in [7, 11) is 1.35. The maximum atomic E-state index is 12.1. The molecule has 1 aromatic rings. The van der Waals surface area contributed by atoms with Gasteiger partial charge in [0.15, 0.2) is 0 Å². The molecule has 0 saturated heterocycles. The highest BCUT2D eigenvalue weighted by Gasteiger charge is 2.33. The van der Waals surface area contributed by atoms with Gasteiger partial charge in [0.25, 0.3) is 0 Å². The van der Waals surface area contributed by atoms with Gasteiger partial charge in [0.05, 0.1) is 18.4 Å². The normalized spacial score (nSPS) is 18.2. The second kappa shape index (κ2) is 6.91. The number of hydrogen-bond acceptors (Lipinski definition) is 5. The first-order valence-electron chi connectivity index (χ1n) is 8.30. The van der Waals surface area contributed by atoms with E-state index in [4.69, 9.17) is 0 Å². The minimum absolute atomic E-state index is 0.0192. The molecule has 0 bridgehead atoms. The highest BCUT2D eigenvalue weighted by atomic mass is 16.5. The molecular formula is C19H22N2O3. The molecule has 0 aromatic heterocycles. The molecule has 0 aliphatic heterocycles.